The quantitative estimate of drug-likeness (QED) is 0.353. The third-order valence-corrected chi connectivity index (χ3v) is 6.21. The number of hydrogen-bond acceptors (Lipinski definition) is 6. The Morgan fingerprint density at radius 1 is 1.08 bits per heavy atom. The molecule has 0 atom stereocenters. The smallest absolute Gasteiger partial charge is 0.273 e. The van der Waals surface area contributed by atoms with E-state index in [2.05, 4.69) is 30.9 Å². The van der Waals surface area contributed by atoms with Crippen LogP contribution in [0.15, 0.2) is 58.1 Å². The van der Waals surface area contributed by atoms with Crippen LogP contribution in [0.3, 0.4) is 0 Å². The van der Waals surface area contributed by atoms with Gasteiger partial charge in [0.1, 0.15) is 34.1 Å². The van der Waals surface area contributed by atoms with Gasteiger partial charge in [-0.05, 0) is 73.5 Å². The maximum Gasteiger partial charge on any atom is 0.273 e. The number of nitrogens with zero attached hydrogens (tertiary/aromatic N) is 4. The second-order valence-corrected chi connectivity index (χ2v) is 9.60. The van der Waals surface area contributed by atoms with Gasteiger partial charge in [-0.3, -0.25) is 14.3 Å². The van der Waals surface area contributed by atoms with E-state index in [4.69, 9.17) is 4.74 Å². The molecule has 36 heavy (non-hydrogen) atoms. The van der Waals surface area contributed by atoms with E-state index in [1.165, 1.54) is 10.6 Å². The predicted octanol–water partition coefficient (Wildman–Crippen LogP) is 5.15. The highest BCUT2D eigenvalue weighted by Gasteiger charge is 2.21. The molecule has 0 aliphatic heterocycles. The van der Waals surface area contributed by atoms with Crippen molar-refractivity contribution in [3.05, 3.63) is 97.9 Å². The summed E-state index contributed by atoms with van der Waals surface area (Å²) in [6, 6.07) is 8.29. The van der Waals surface area contributed by atoms with E-state index >= 15 is 0 Å². The third-order valence-electron chi connectivity index (χ3n) is 5.48. The van der Waals surface area contributed by atoms with Gasteiger partial charge in [-0.15, -0.1) is 0 Å². The molecule has 0 amide bonds. The minimum atomic E-state index is -1.23. The van der Waals surface area contributed by atoms with Crippen molar-refractivity contribution in [1.82, 2.24) is 19.5 Å². The van der Waals surface area contributed by atoms with Crippen LogP contribution in [0, 0.1) is 25.5 Å². The number of pyridine rings is 2. The van der Waals surface area contributed by atoms with Crippen LogP contribution in [0.5, 0.6) is 5.75 Å². The molecule has 0 radical (unpaired) electrons. The van der Waals surface area contributed by atoms with Gasteiger partial charge in [0, 0.05) is 35.8 Å². The summed E-state index contributed by atoms with van der Waals surface area (Å²) >= 11 is 3.31. The molecule has 0 aliphatic carbocycles. The zero-order valence-corrected chi connectivity index (χ0v) is 21.6. The first-order valence-corrected chi connectivity index (χ1v) is 11.8. The Hall–Kier alpha value is -3.50. The van der Waals surface area contributed by atoms with E-state index < -0.39 is 17.2 Å². The van der Waals surface area contributed by atoms with Gasteiger partial charge < -0.3 is 9.84 Å². The summed E-state index contributed by atoms with van der Waals surface area (Å²) in [4.78, 5) is 26.4. The lowest BCUT2D eigenvalue weighted by Crippen LogP contribution is -2.23. The van der Waals surface area contributed by atoms with E-state index in [0.29, 0.717) is 22.8 Å². The highest BCUT2D eigenvalue weighted by Crippen LogP contribution is 2.28. The first-order valence-electron chi connectivity index (χ1n) is 11.0. The van der Waals surface area contributed by atoms with Crippen molar-refractivity contribution in [2.45, 2.75) is 39.9 Å². The zero-order valence-electron chi connectivity index (χ0n) is 20.0. The van der Waals surface area contributed by atoms with Crippen molar-refractivity contribution in [1.29, 1.82) is 0 Å². The van der Waals surface area contributed by atoms with Crippen molar-refractivity contribution < 1.29 is 18.6 Å². The van der Waals surface area contributed by atoms with Crippen LogP contribution in [0.2, 0.25) is 0 Å². The molecule has 3 aromatic heterocycles. The number of benzene rings is 1. The number of aromatic nitrogens is 4. The fraction of sp³-hybridized carbons (Fsp3) is 0.231. The van der Waals surface area contributed by atoms with Crippen LogP contribution in [0.4, 0.5) is 8.78 Å². The largest absolute Gasteiger partial charge is 0.487 e. The van der Waals surface area contributed by atoms with Crippen LogP contribution in [0.25, 0.3) is 17.1 Å². The minimum Gasteiger partial charge on any atom is -0.487 e. The summed E-state index contributed by atoms with van der Waals surface area (Å²) in [5.74, 6) is -0.927. The van der Waals surface area contributed by atoms with Crippen LogP contribution < -0.4 is 10.3 Å². The summed E-state index contributed by atoms with van der Waals surface area (Å²) in [7, 11) is 0. The molecule has 4 aromatic rings. The Bertz CT molecular complexity index is 1520. The predicted molar refractivity (Wildman–Crippen MR) is 134 cm³/mol. The molecule has 186 valence electrons. The lowest BCUT2D eigenvalue weighted by atomic mass is 10.1. The normalized spacial score (nSPS) is 11.6. The standard InChI is InChI=1S/C26H23BrF2N4O3/c1-14-12-31-20(19-7-8-30-25(32-19)26(3,4)35)11-21(14)33-15(2)9-22(23(27)24(33)34)36-13-16-5-6-17(28)10-18(16)29/h5-12,35H,13H2,1-4H3. The molecule has 10 heteroatoms. The Morgan fingerprint density at radius 2 is 1.83 bits per heavy atom. The average Bonchev–Trinajstić information content (AvgIpc) is 2.82. The number of hydrogen-bond donors (Lipinski definition) is 1. The van der Waals surface area contributed by atoms with Crippen molar-refractivity contribution in [3.63, 3.8) is 0 Å². The van der Waals surface area contributed by atoms with Gasteiger partial charge in [-0.1, -0.05) is 0 Å². The maximum absolute atomic E-state index is 14.0. The number of ether oxygens (including phenoxy) is 1. The topological polar surface area (TPSA) is 90.1 Å². The van der Waals surface area contributed by atoms with Crippen LogP contribution in [-0.4, -0.2) is 24.6 Å². The van der Waals surface area contributed by atoms with Crippen LogP contribution in [0.1, 0.15) is 36.5 Å². The lowest BCUT2D eigenvalue weighted by molar-refractivity contribution is 0.0688. The Kier molecular flexibility index (Phi) is 7.01. The first-order chi connectivity index (χ1) is 17.0. The molecule has 3 heterocycles. The number of rotatable bonds is 6. The molecule has 0 saturated heterocycles. The Balaban J connectivity index is 1.72. The second kappa shape index (κ2) is 9.87. The van der Waals surface area contributed by atoms with Crippen molar-refractivity contribution in [2.75, 3.05) is 0 Å². The Labute approximate surface area is 214 Å². The fourth-order valence-electron chi connectivity index (χ4n) is 3.57. The van der Waals surface area contributed by atoms with Gasteiger partial charge in [-0.2, -0.15) is 0 Å². The lowest BCUT2D eigenvalue weighted by Gasteiger charge is -2.18. The maximum atomic E-state index is 14.0. The van der Waals surface area contributed by atoms with E-state index in [1.54, 1.807) is 51.4 Å². The molecule has 0 saturated carbocycles. The monoisotopic (exact) mass is 556 g/mol. The molecule has 1 aromatic carbocycles. The van der Waals surface area contributed by atoms with Gasteiger partial charge in [0.15, 0.2) is 5.82 Å². The van der Waals surface area contributed by atoms with E-state index in [-0.39, 0.29) is 33.8 Å². The minimum absolute atomic E-state index is 0.153. The molecule has 7 nitrogen and oxygen atoms in total. The zero-order chi connectivity index (χ0) is 26.2. The van der Waals surface area contributed by atoms with Gasteiger partial charge in [-0.25, -0.2) is 18.7 Å². The third kappa shape index (κ3) is 5.19. The summed E-state index contributed by atoms with van der Waals surface area (Å²) < 4.78 is 34.5. The second-order valence-electron chi connectivity index (χ2n) is 8.81. The van der Waals surface area contributed by atoms with Crippen molar-refractivity contribution in [3.8, 4) is 22.8 Å². The van der Waals surface area contributed by atoms with Gasteiger partial charge in [0.05, 0.1) is 17.1 Å². The van der Waals surface area contributed by atoms with Gasteiger partial charge in [0.2, 0.25) is 0 Å². The molecule has 0 spiro atoms. The molecule has 0 unspecified atom stereocenters. The highest BCUT2D eigenvalue weighted by molar-refractivity contribution is 9.10. The summed E-state index contributed by atoms with van der Waals surface area (Å²) in [6.45, 7) is 6.58. The van der Waals surface area contributed by atoms with Crippen molar-refractivity contribution >= 4 is 15.9 Å². The molecular weight excluding hydrogens is 534 g/mol. The highest BCUT2D eigenvalue weighted by atomic mass is 79.9. The van der Waals surface area contributed by atoms with Gasteiger partial charge >= 0.3 is 0 Å². The summed E-state index contributed by atoms with van der Waals surface area (Å²) in [6.07, 6.45) is 3.18. The van der Waals surface area contributed by atoms with Crippen LogP contribution in [-0.2, 0) is 12.2 Å². The SMILES string of the molecule is Cc1cnc(-c2ccnc(C(C)(C)O)n2)cc1-n1c(C)cc(OCc2ccc(F)cc2F)c(Br)c1=O. The molecule has 1 N–H and O–H groups in total. The van der Waals surface area contributed by atoms with E-state index in [9.17, 15) is 18.7 Å². The summed E-state index contributed by atoms with van der Waals surface area (Å²) in [5, 5.41) is 10.3. The molecule has 0 bridgehead atoms. The number of aryl methyl sites for hydroxylation is 2. The summed E-state index contributed by atoms with van der Waals surface area (Å²) in [5.41, 5.74) is 1.44. The van der Waals surface area contributed by atoms with Crippen LogP contribution >= 0.6 is 15.9 Å². The average molecular weight is 557 g/mol. The van der Waals surface area contributed by atoms with E-state index in [1.807, 2.05) is 6.92 Å². The number of aliphatic hydroxyl groups is 1. The van der Waals surface area contributed by atoms with Gasteiger partial charge in [0.25, 0.3) is 5.56 Å². The first kappa shape index (κ1) is 25.6. The molecule has 0 fully saturated rings. The van der Waals surface area contributed by atoms with E-state index in [0.717, 1.165) is 17.7 Å². The van der Waals surface area contributed by atoms with Crippen molar-refractivity contribution in [2.24, 2.45) is 0 Å². The molecule has 0 aliphatic rings. The Morgan fingerprint density at radius 3 is 2.53 bits per heavy atom. The number of halogens is 3. The molecule has 4 rings (SSSR count). The fourth-order valence-corrected chi connectivity index (χ4v) is 3.98. The molecular formula is C26H23BrF2N4O3.